The third-order valence-corrected chi connectivity index (χ3v) is 4.76. The number of hydrogen-bond donors (Lipinski definition) is 1. The van der Waals surface area contributed by atoms with Gasteiger partial charge in [0.25, 0.3) is 0 Å². The Morgan fingerprint density at radius 1 is 1.14 bits per heavy atom. The van der Waals surface area contributed by atoms with E-state index in [0.29, 0.717) is 6.61 Å². The van der Waals surface area contributed by atoms with Crippen LogP contribution < -0.4 is 10.1 Å². The lowest BCUT2D eigenvalue weighted by Crippen LogP contribution is -2.22. The van der Waals surface area contributed by atoms with Crippen LogP contribution in [0.3, 0.4) is 0 Å². The van der Waals surface area contributed by atoms with Crippen molar-refractivity contribution in [1.82, 2.24) is 5.32 Å². The summed E-state index contributed by atoms with van der Waals surface area (Å²) >= 11 is 8.51. The highest BCUT2D eigenvalue weighted by atomic mass is 127. The molecular weight excluding hydrogens is 397 g/mol. The molecule has 1 atom stereocenters. The quantitative estimate of drug-likeness (QED) is 0.667. The molecule has 21 heavy (non-hydrogen) atoms. The van der Waals surface area contributed by atoms with E-state index in [9.17, 15) is 0 Å². The minimum atomic E-state index is 0.116. The Balaban J connectivity index is 2.37. The Bertz CT molecular complexity index is 603. The molecule has 0 aliphatic carbocycles. The highest BCUT2D eigenvalue weighted by Gasteiger charge is 2.14. The molecule has 0 aromatic heterocycles. The van der Waals surface area contributed by atoms with Gasteiger partial charge in [0.15, 0.2) is 0 Å². The van der Waals surface area contributed by atoms with E-state index in [4.69, 9.17) is 16.3 Å². The summed E-state index contributed by atoms with van der Waals surface area (Å²) in [5, 5.41) is 4.30. The second-order valence-corrected chi connectivity index (χ2v) is 6.24. The monoisotopic (exact) mass is 415 g/mol. The third-order valence-electron chi connectivity index (χ3n) is 3.19. The Kier molecular flexibility index (Phi) is 6.33. The van der Waals surface area contributed by atoms with Crippen molar-refractivity contribution < 1.29 is 4.74 Å². The van der Waals surface area contributed by atoms with E-state index in [1.54, 1.807) is 0 Å². The summed E-state index contributed by atoms with van der Waals surface area (Å²) in [6.07, 6.45) is 0. The van der Waals surface area contributed by atoms with Gasteiger partial charge in [-0.2, -0.15) is 0 Å². The Morgan fingerprint density at radius 3 is 2.57 bits per heavy atom. The predicted octanol–water partition coefficient (Wildman–Crippen LogP) is 5.04. The lowest BCUT2D eigenvalue weighted by molar-refractivity contribution is 0.339. The second kappa shape index (κ2) is 8.01. The van der Waals surface area contributed by atoms with Crippen molar-refractivity contribution in [2.75, 3.05) is 13.2 Å². The molecule has 1 N–H and O–H groups in total. The SMILES string of the molecule is CCNC(c1cccc(OCC)c1)c1ccc(I)c(Cl)c1. The van der Waals surface area contributed by atoms with Gasteiger partial charge < -0.3 is 10.1 Å². The summed E-state index contributed by atoms with van der Waals surface area (Å²) in [5.74, 6) is 0.898. The minimum absolute atomic E-state index is 0.116. The zero-order valence-electron chi connectivity index (χ0n) is 12.2. The zero-order valence-corrected chi connectivity index (χ0v) is 15.1. The van der Waals surface area contributed by atoms with Crippen molar-refractivity contribution in [3.8, 4) is 5.75 Å². The maximum absolute atomic E-state index is 6.27. The summed E-state index contributed by atoms with van der Waals surface area (Å²) < 4.78 is 6.66. The van der Waals surface area contributed by atoms with E-state index in [1.165, 1.54) is 5.56 Å². The van der Waals surface area contributed by atoms with Gasteiger partial charge in [-0.3, -0.25) is 0 Å². The van der Waals surface area contributed by atoms with Gasteiger partial charge in [0.1, 0.15) is 5.75 Å². The first-order valence-corrected chi connectivity index (χ1v) is 8.52. The smallest absolute Gasteiger partial charge is 0.119 e. The number of ether oxygens (including phenoxy) is 1. The topological polar surface area (TPSA) is 21.3 Å². The van der Waals surface area contributed by atoms with Crippen LogP contribution in [0.25, 0.3) is 0 Å². The van der Waals surface area contributed by atoms with Gasteiger partial charge >= 0.3 is 0 Å². The maximum Gasteiger partial charge on any atom is 0.119 e. The summed E-state index contributed by atoms with van der Waals surface area (Å²) in [4.78, 5) is 0. The van der Waals surface area contributed by atoms with Crippen LogP contribution in [-0.2, 0) is 0 Å². The highest BCUT2D eigenvalue weighted by Crippen LogP contribution is 2.29. The Morgan fingerprint density at radius 2 is 1.90 bits per heavy atom. The first kappa shape index (κ1) is 16.6. The minimum Gasteiger partial charge on any atom is -0.494 e. The molecule has 0 amide bonds. The normalized spacial score (nSPS) is 12.2. The molecule has 2 aromatic carbocycles. The molecule has 1 unspecified atom stereocenters. The molecule has 112 valence electrons. The third kappa shape index (κ3) is 4.34. The van der Waals surface area contributed by atoms with Gasteiger partial charge in [-0.25, -0.2) is 0 Å². The van der Waals surface area contributed by atoms with Gasteiger partial charge in [-0.1, -0.05) is 36.7 Å². The fraction of sp³-hybridized carbons (Fsp3) is 0.294. The van der Waals surface area contributed by atoms with Crippen molar-refractivity contribution in [2.45, 2.75) is 19.9 Å². The second-order valence-electron chi connectivity index (χ2n) is 4.67. The number of rotatable bonds is 6. The molecule has 4 heteroatoms. The lowest BCUT2D eigenvalue weighted by Gasteiger charge is -2.20. The molecule has 0 heterocycles. The summed E-state index contributed by atoms with van der Waals surface area (Å²) in [5.41, 5.74) is 2.34. The van der Waals surface area contributed by atoms with Gasteiger partial charge in [-0.15, -0.1) is 0 Å². The number of nitrogens with one attached hydrogen (secondary N) is 1. The van der Waals surface area contributed by atoms with Gasteiger partial charge in [0.05, 0.1) is 17.7 Å². The van der Waals surface area contributed by atoms with Crippen molar-refractivity contribution in [3.05, 3.63) is 62.2 Å². The first-order valence-electron chi connectivity index (χ1n) is 7.06. The van der Waals surface area contributed by atoms with Crippen LogP contribution in [0.4, 0.5) is 0 Å². The molecule has 0 spiro atoms. The van der Waals surface area contributed by atoms with E-state index in [0.717, 1.165) is 26.5 Å². The predicted molar refractivity (Wildman–Crippen MR) is 97.3 cm³/mol. The number of hydrogen-bond acceptors (Lipinski definition) is 2. The summed E-state index contributed by atoms with van der Waals surface area (Å²) in [6.45, 7) is 5.65. The number of benzene rings is 2. The highest BCUT2D eigenvalue weighted by molar-refractivity contribution is 14.1. The molecule has 0 bridgehead atoms. The van der Waals surface area contributed by atoms with Crippen molar-refractivity contribution >= 4 is 34.2 Å². The van der Waals surface area contributed by atoms with Crippen molar-refractivity contribution in [3.63, 3.8) is 0 Å². The van der Waals surface area contributed by atoms with Gasteiger partial charge in [-0.05, 0) is 71.5 Å². The van der Waals surface area contributed by atoms with Crippen LogP contribution >= 0.6 is 34.2 Å². The molecule has 0 radical (unpaired) electrons. The van der Waals surface area contributed by atoms with Gasteiger partial charge in [0, 0.05) is 3.57 Å². The fourth-order valence-corrected chi connectivity index (χ4v) is 2.80. The van der Waals surface area contributed by atoms with Crippen molar-refractivity contribution in [1.29, 1.82) is 0 Å². The molecule has 2 nitrogen and oxygen atoms in total. The average Bonchev–Trinajstić information content (AvgIpc) is 2.48. The molecular formula is C17H19ClINO. The Hall–Kier alpha value is -0.780. The van der Waals surface area contributed by atoms with Crippen molar-refractivity contribution in [2.24, 2.45) is 0 Å². The first-order chi connectivity index (χ1) is 10.2. The van der Waals surface area contributed by atoms with Crippen LogP contribution in [0.1, 0.15) is 31.0 Å². The fourth-order valence-electron chi connectivity index (χ4n) is 2.27. The lowest BCUT2D eigenvalue weighted by atomic mass is 9.98. The summed E-state index contributed by atoms with van der Waals surface area (Å²) in [7, 11) is 0. The largest absolute Gasteiger partial charge is 0.494 e. The van der Waals surface area contributed by atoms with E-state index < -0.39 is 0 Å². The average molecular weight is 416 g/mol. The zero-order chi connectivity index (χ0) is 15.2. The molecule has 0 fully saturated rings. The number of halogens is 2. The molecule has 0 saturated heterocycles. The molecule has 0 aliphatic heterocycles. The maximum atomic E-state index is 6.27. The van der Waals surface area contributed by atoms with Crippen LogP contribution in [0.5, 0.6) is 5.75 Å². The molecule has 0 saturated carbocycles. The van der Waals surface area contributed by atoms with E-state index in [-0.39, 0.29) is 6.04 Å². The molecule has 2 aromatic rings. The van der Waals surface area contributed by atoms with Crippen LogP contribution in [-0.4, -0.2) is 13.2 Å². The summed E-state index contributed by atoms with van der Waals surface area (Å²) in [6, 6.07) is 14.5. The molecule has 0 aliphatic rings. The Labute approximate surface area is 145 Å². The molecule has 2 rings (SSSR count). The van der Waals surface area contributed by atoms with Crippen LogP contribution in [0.2, 0.25) is 5.02 Å². The van der Waals surface area contributed by atoms with E-state index in [2.05, 4.69) is 59.1 Å². The van der Waals surface area contributed by atoms with E-state index in [1.807, 2.05) is 25.1 Å². The standard InChI is InChI=1S/C17H19ClINO/c1-3-20-17(13-8-9-16(19)15(18)11-13)12-6-5-7-14(10-12)21-4-2/h5-11,17,20H,3-4H2,1-2H3. The van der Waals surface area contributed by atoms with Crippen LogP contribution in [0, 0.1) is 3.57 Å². The van der Waals surface area contributed by atoms with E-state index >= 15 is 0 Å². The van der Waals surface area contributed by atoms with Crippen LogP contribution in [0.15, 0.2) is 42.5 Å². The van der Waals surface area contributed by atoms with Gasteiger partial charge in [0.2, 0.25) is 0 Å².